The number of likely N-dealkylation sites (tertiary alicyclic amines) is 2. The number of oxazole rings is 1. The van der Waals surface area contributed by atoms with Gasteiger partial charge in [-0.25, -0.2) is 9.78 Å². The number of hydrogen-bond donors (Lipinski definition) is 0. The summed E-state index contributed by atoms with van der Waals surface area (Å²) in [5.41, 5.74) is 1.05. The van der Waals surface area contributed by atoms with Crippen LogP contribution in [0.3, 0.4) is 0 Å². The molecule has 0 saturated carbocycles. The molecule has 2 aliphatic heterocycles. The van der Waals surface area contributed by atoms with Crippen LogP contribution in [0.4, 0.5) is 4.79 Å². The Bertz CT molecular complexity index is 884. The van der Waals surface area contributed by atoms with Crippen LogP contribution in [-0.4, -0.2) is 58.1 Å². The van der Waals surface area contributed by atoms with Gasteiger partial charge in [0.2, 0.25) is 5.91 Å². The molecule has 1 aromatic carbocycles. The number of piperidine rings is 2. The monoisotopic (exact) mass is 413 g/mol. The molecule has 2 saturated heterocycles. The lowest BCUT2D eigenvalue weighted by Crippen LogP contribution is -2.55. The van der Waals surface area contributed by atoms with E-state index in [-0.39, 0.29) is 11.8 Å². The van der Waals surface area contributed by atoms with Crippen molar-refractivity contribution in [3.05, 3.63) is 30.2 Å². The molecule has 0 spiro atoms. The first-order valence-electron chi connectivity index (χ1n) is 11.0. The quantitative estimate of drug-likeness (QED) is 0.733. The van der Waals surface area contributed by atoms with E-state index in [0.717, 1.165) is 36.8 Å². The van der Waals surface area contributed by atoms with Crippen LogP contribution in [0.1, 0.15) is 64.7 Å². The lowest BCUT2D eigenvalue weighted by Gasteiger charge is -2.40. The van der Waals surface area contributed by atoms with Crippen molar-refractivity contribution in [3.8, 4) is 0 Å². The van der Waals surface area contributed by atoms with Crippen molar-refractivity contribution in [1.29, 1.82) is 0 Å². The van der Waals surface area contributed by atoms with Crippen LogP contribution >= 0.6 is 0 Å². The van der Waals surface area contributed by atoms with Gasteiger partial charge in [-0.2, -0.15) is 0 Å². The lowest BCUT2D eigenvalue weighted by atomic mass is 9.95. The van der Waals surface area contributed by atoms with Crippen LogP contribution in [-0.2, 0) is 9.53 Å². The highest BCUT2D eigenvalue weighted by atomic mass is 16.6. The molecule has 7 nitrogen and oxygen atoms in total. The van der Waals surface area contributed by atoms with E-state index in [2.05, 4.69) is 4.98 Å². The van der Waals surface area contributed by atoms with Crippen molar-refractivity contribution in [2.75, 3.05) is 19.6 Å². The van der Waals surface area contributed by atoms with E-state index in [1.807, 2.05) is 49.9 Å². The van der Waals surface area contributed by atoms with Gasteiger partial charge in [0.15, 0.2) is 11.5 Å². The first-order valence-corrected chi connectivity index (χ1v) is 11.0. The minimum absolute atomic E-state index is 0.0152. The van der Waals surface area contributed by atoms with Crippen molar-refractivity contribution in [3.63, 3.8) is 0 Å². The summed E-state index contributed by atoms with van der Waals surface area (Å²) in [6, 6.07) is 7.28. The SMILES string of the molecule is CC(C)(C)OC(=O)N1CCCC[C@@H]1C(=O)N1CCC[C@H](c2nc3ccccc3o2)C1. The summed E-state index contributed by atoms with van der Waals surface area (Å²) in [6.45, 7) is 7.38. The van der Waals surface area contributed by atoms with E-state index >= 15 is 0 Å². The van der Waals surface area contributed by atoms with Crippen molar-refractivity contribution < 1.29 is 18.7 Å². The van der Waals surface area contributed by atoms with Gasteiger partial charge in [0, 0.05) is 19.6 Å². The highest BCUT2D eigenvalue weighted by Crippen LogP contribution is 2.30. The van der Waals surface area contributed by atoms with E-state index in [1.165, 1.54) is 0 Å². The minimum atomic E-state index is -0.578. The number of benzene rings is 1. The molecule has 2 aliphatic rings. The number of carbonyl (C=O) groups excluding carboxylic acids is 2. The van der Waals surface area contributed by atoms with Crippen LogP contribution in [0.2, 0.25) is 0 Å². The fourth-order valence-corrected chi connectivity index (χ4v) is 4.38. The minimum Gasteiger partial charge on any atom is -0.444 e. The summed E-state index contributed by atoms with van der Waals surface area (Å²) in [6.07, 6.45) is 3.97. The Kier molecular flexibility index (Phi) is 5.71. The molecule has 30 heavy (non-hydrogen) atoms. The average molecular weight is 414 g/mol. The van der Waals surface area contributed by atoms with E-state index in [4.69, 9.17) is 9.15 Å². The van der Waals surface area contributed by atoms with Gasteiger partial charge in [-0.3, -0.25) is 9.69 Å². The number of para-hydroxylation sites is 2. The fraction of sp³-hybridized carbons (Fsp3) is 0.609. The van der Waals surface area contributed by atoms with E-state index in [0.29, 0.717) is 31.9 Å². The van der Waals surface area contributed by atoms with Crippen LogP contribution in [0, 0.1) is 0 Å². The van der Waals surface area contributed by atoms with Crippen molar-refractivity contribution >= 4 is 23.1 Å². The number of ether oxygens (including phenoxy) is 1. The van der Waals surface area contributed by atoms with Crippen molar-refractivity contribution in [2.45, 2.75) is 70.4 Å². The van der Waals surface area contributed by atoms with Gasteiger partial charge in [0.05, 0.1) is 5.92 Å². The maximum absolute atomic E-state index is 13.4. The smallest absolute Gasteiger partial charge is 0.410 e. The predicted molar refractivity (Wildman–Crippen MR) is 113 cm³/mol. The Labute approximate surface area is 177 Å². The highest BCUT2D eigenvalue weighted by molar-refractivity contribution is 5.86. The number of fused-ring (bicyclic) bond motifs is 1. The van der Waals surface area contributed by atoms with Crippen LogP contribution < -0.4 is 0 Å². The number of nitrogens with zero attached hydrogens (tertiary/aromatic N) is 3. The van der Waals surface area contributed by atoms with Crippen LogP contribution in [0.5, 0.6) is 0 Å². The number of hydrogen-bond acceptors (Lipinski definition) is 5. The van der Waals surface area contributed by atoms with Gasteiger partial charge in [-0.1, -0.05) is 12.1 Å². The molecule has 3 heterocycles. The molecular weight excluding hydrogens is 382 g/mol. The highest BCUT2D eigenvalue weighted by Gasteiger charge is 2.38. The standard InChI is InChI=1S/C23H31N3O4/c1-23(2,3)30-22(28)26-14-7-6-11-18(26)21(27)25-13-8-9-16(15-25)20-24-17-10-4-5-12-19(17)29-20/h4-5,10,12,16,18H,6-9,11,13-15H2,1-3H3/t16-,18+/m0/s1. The predicted octanol–water partition coefficient (Wildman–Crippen LogP) is 4.32. The molecule has 7 heteroatoms. The second kappa shape index (κ2) is 8.28. The lowest BCUT2D eigenvalue weighted by molar-refractivity contribution is -0.139. The van der Waals surface area contributed by atoms with E-state index in [9.17, 15) is 9.59 Å². The zero-order valence-corrected chi connectivity index (χ0v) is 18.1. The molecule has 0 bridgehead atoms. The topological polar surface area (TPSA) is 75.9 Å². The molecular formula is C23H31N3O4. The third kappa shape index (κ3) is 4.45. The summed E-state index contributed by atoms with van der Waals surface area (Å²) in [5, 5.41) is 0. The summed E-state index contributed by atoms with van der Waals surface area (Å²) in [7, 11) is 0. The molecule has 0 N–H and O–H groups in total. The summed E-state index contributed by atoms with van der Waals surface area (Å²) < 4.78 is 11.5. The molecule has 0 radical (unpaired) electrons. The third-order valence-corrected chi connectivity index (χ3v) is 5.81. The van der Waals surface area contributed by atoms with Gasteiger partial charge < -0.3 is 14.1 Å². The first-order chi connectivity index (χ1) is 14.3. The van der Waals surface area contributed by atoms with Crippen LogP contribution in [0.15, 0.2) is 28.7 Å². The Morgan fingerprint density at radius 2 is 1.90 bits per heavy atom. The largest absolute Gasteiger partial charge is 0.444 e. The Morgan fingerprint density at radius 1 is 1.10 bits per heavy atom. The number of aromatic nitrogens is 1. The summed E-state index contributed by atoms with van der Waals surface area (Å²) >= 11 is 0. The average Bonchev–Trinajstić information content (AvgIpc) is 3.16. The molecule has 162 valence electrons. The maximum atomic E-state index is 13.4. The summed E-state index contributed by atoms with van der Waals surface area (Å²) in [4.78, 5) is 34.3. The van der Waals surface area contributed by atoms with E-state index < -0.39 is 17.7 Å². The van der Waals surface area contributed by atoms with Gasteiger partial charge in [-0.15, -0.1) is 0 Å². The van der Waals surface area contributed by atoms with Crippen LogP contribution in [0.25, 0.3) is 11.1 Å². The van der Waals surface area contributed by atoms with Gasteiger partial charge in [0.1, 0.15) is 17.2 Å². The number of rotatable bonds is 2. The second-order valence-corrected chi connectivity index (χ2v) is 9.33. The molecule has 2 atom stereocenters. The Balaban J connectivity index is 1.47. The zero-order valence-electron chi connectivity index (χ0n) is 18.1. The second-order valence-electron chi connectivity index (χ2n) is 9.33. The Hall–Kier alpha value is -2.57. The van der Waals surface area contributed by atoms with Gasteiger partial charge >= 0.3 is 6.09 Å². The maximum Gasteiger partial charge on any atom is 0.410 e. The Morgan fingerprint density at radius 3 is 2.67 bits per heavy atom. The summed E-state index contributed by atoms with van der Waals surface area (Å²) in [5.74, 6) is 0.788. The number of amides is 2. The van der Waals surface area contributed by atoms with Crippen molar-refractivity contribution in [1.82, 2.24) is 14.8 Å². The fourth-order valence-electron chi connectivity index (χ4n) is 4.38. The third-order valence-electron chi connectivity index (χ3n) is 5.81. The molecule has 2 amide bonds. The molecule has 0 unspecified atom stereocenters. The normalized spacial score (nSPS) is 22.9. The first kappa shape index (κ1) is 20.7. The van der Waals surface area contributed by atoms with Gasteiger partial charge in [-0.05, 0) is 65.0 Å². The molecule has 2 fully saturated rings. The van der Waals surface area contributed by atoms with Gasteiger partial charge in [0.25, 0.3) is 0 Å². The zero-order chi connectivity index (χ0) is 21.3. The molecule has 4 rings (SSSR count). The van der Waals surface area contributed by atoms with Crippen molar-refractivity contribution in [2.24, 2.45) is 0 Å². The molecule has 0 aliphatic carbocycles. The molecule has 1 aromatic heterocycles. The van der Waals surface area contributed by atoms with E-state index in [1.54, 1.807) is 4.90 Å². The number of carbonyl (C=O) groups is 2. The molecule has 2 aromatic rings.